The van der Waals surface area contributed by atoms with Crippen LogP contribution >= 0.6 is 0 Å². The molecule has 2 rings (SSSR count). The van der Waals surface area contributed by atoms with E-state index in [1.165, 1.54) is 23.1 Å². The van der Waals surface area contributed by atoms with Crippen LogP contribution in [-0.4, -0.2) is 19.0 Å². The van der Waals surface area contributed by atoms with Crippen LogP contribution in [0.2, 0.25) is 0 Å². The van der Waals surface area contributed by atoms with Crippen molar-refractivity contribution in [3.63, 3.8) is 0 Å². The Hall–Kier alpha value is -1.76. The first kappa shape index (κ1) is 11.7. The van der Waals surface area contributed by atoms with Crippen molar-refractivity contribution in [2.24, 2.45) is 7.05 Å². The van der Waals surface area contributed by atoms with E-state index < -0.39 is 16.6 Å². The number of anilines is 1. The van der Waals surface area contributed by atoms with Gasteiger partial charge in [0.05, 0.1) is 22.2 Å². The molecule has 0 aliphatic heterocycles. The lowest BCUT2D eigenvalue weighted by molar-refractivity contribution is 0.627. The van der Waals surface area contributed by atoms with E-state index >= 15 is 0 Å². The van der Waals surface area contributed by atoms with Crippen molar-refractivity contribution in [2.75, 3.05) is 5.73 Å². The number of aryl methyl sites for hydroxylation is 1. The molecule has 2 aromatic rings. The van der Waals surface area contributed by atoms with E-state index in [1.807, 2.05) is 0 Å². The monoisotopic (exact) mass is 254 g/mol. The van der Waals surface area contributed by atoms with E-state index in [-0.39, 0.29) is 11.4 Å². The van der Waals surface area contributed by atoms with Gasteiger partial charge in [-0.3, -0.25) is 8.89 Å². The zero-order chi connectivity index (χ0) is 12.4. The standard InChI is InChI=1S/C10H11FN4OS/c1-15-10(13-6-14-15)5-17(16)7-2-3-9(12)8(11)4-7/h2-4,6H,5,12H2,1H3. The molecule has 90 valence electrons. The lowest BCUT2D eigenvalue weighted by Crippen LogP contribution is -2.05. The summed E-state index contributed by atoms with van der Waals surface area (Å²) in [5.41, 5.74) is 5.39. The maximum Gasteiger partial charge on any atom is 0.147 e. The summed E-state index contributed by atoms with van der Waals surface area (Å²) >= 11 is 0. The maximum atomic E-state index is 13.2. The molecule has 5 nitrogen and oxygen atoms in total. The Bertz CT molecular complexity index is 569. The van der Waals surface area contributed by atoms with Crippen LogP contribution in [0.15, 0.2) is 29.4 Å². The summed E-state index contributed by atoms with van der Waals surface area (Å²) in [7, 11) is 0.351. The number of hydrogen-bond donors (Lipinski definition) is 1. The molecule has 0 fully saturated rings. The predicted molar refractivity (Wildman–Crippen MR) is 61.9 cm³/mol. The molecule has 0 aliphatic rings. The first-order valence-corrected chi connectivity index (χ1v) is 6.16. The Labute approximate surface area is 99.9 Å². The SMILES string of the molecule is Cn1ncnc1CS(=O)c1ccc(N)c(F)c1. The average molecular weight is 254 g/mol. The number of aromatic nitrogens is 3. The second kappa shape index (κ2) is 4.62. The summed E-state index contributed by atoms with van der Waals surface area (Å²) < 4.78 is 26.7. The fraction of sp³-hybridized carbons (Fsp3) is 0.200. The molecule has 0 amide bonds. The van der Waals surface area contributed by atoms with E-state index in [1.54, 1.807) is 13.1 Å². The van der Waals surface area contributed by atoms with Crippen LogP contribution in [0.4, 0.5) is 10.1 Å². The van der Waals surface area contributed by atoms with Crippen molar-refractivity contribution in [3.05, 3.63) is 36.2 Å². The van der Waals surface area contributed by atoms with Crippen LogP contribution < -0.4 is 5.73 Å². The minimum atomic E-state index is -1.36. The fourth-order valence-corrected chi connectivity index (χ4v) is 2.42. The minimum Gasteiger partial charge on any atom is -0.396 e. The minimum absolute atomic E-state index is 0.0457. The number of rotatable bonds is 3. The Balaban J connectivity index is 2.20. The number of nitrogen functional groups attached to an aromatic ring is 1. The molecule has 0 saturated heterocycles. The van der Waals surface area contributed by atoms with Crippen LogP contribution in [0, 0.1) is 5.82 Å². The Morgan fingerprint density at radius 3 is 2.88 bits per heavy atom. The van der Waals surface area contributed by atoms with E-state index in [0.717, 1.165) is 0 Å². The molecule has 7 heteroatoms. The average Bonchev–Trinajstić information content (AvgIpc) is 2.68. The summed E-state index contributed by atoms with van der Waals surface area (Å²) in [4.78, 5) is 4.35. The zero-order valence-corrected chi connectivity index (χ0v) is 9.95. The largest absolute Gasteiger partial charge is 0.396 e. The van der Waals surface area contributed by atoms with Gasteiger partial charge >= 0.3 is 0 Å². The fourth-order valence-electron chi connectivity index (χ4n) is 1.30. The molecular weight excluding hydrogens is 243 g/mol. The van der Waals surface area contributed by atoms with Crippen LogP contribution in [0.1, 0.15) is 5.82 Å². The predicted octanol–water partition coefficient (Wildman–Crippen LogP) is 0.844. The van der Waals surface area contributed by atoms with Gasteiger partial charge in [-0.05, 0) is 18.2 Å². The van der Waals surface area contributed by atoms with Gasteiger partial charge in [-0.25, -0.2) is 9.37 Å². The zero-order valence-electron chi connectivity index (χ0n) is 9.13. The highest BCUT2D eigenvalue weighted by Gasteiger charge is 2.10. The molecular formula is C10H11FN4OS. The molecule has 0 aliphatic carbocycles. The highest BCUT2D eigenvalue weighted by atomic mass is 32.2. The Kier molecular flexibility index (Phi) is 3.19. The van der Waals surface area contributed by atoms with Gasteiger partial charge in [0.15, 0.2) is 0 Å². The summed E-state index contributed by atoms with van der Waals surface area (Å²) in [6, 6.07) is 4.13. The molecule has 2 N–H and O–H groups in total. The maximum absolute atomic E-state index is 13.2. The molecule has 0 spiro atoms. The third kappa shape index (κ3) is 2.50. The van der Waals surface area contributed by atoms with Crippen molar-refractivity contribution < 1.29 is 8.60 Å². The van der Waals surface area contributed by atoms with Crippen molar-refractivity contribution in [2.45, 2.75) is 10.6 Å². The summed E-state index contributed by atoms with van der Waals surface area (Å²) in [6.07, 6.45) is 1.39. The van der Waals surface area contributed by atoms with Crippen LogP contribution in [0.25, 0.3) is 0 Å². The van der Waals surface area contributed by atoms with Crippen molar-refractivity contribution >= 4 is 16.5 Å². The number of benzene rings is 1. The lowest BCUT2D eigenvalue weighted by atomic mass is 10.3. The molecule has 17 heavy (non-hydrogen) atoms. The van der Waals surface area contributed by atoms with Gasteiger partial charge in [-0.2, -0.15) is 5.10 Å². The number of nitrogens with two attached hydrogens (primary N) is 1. The topological polar surface area (TPSA) is 73.8 Å². The number of halogens is 1. The third-order valence-electron chi connectivity index (χ3n) is 2.30. The molecule has 1 heterocycles. The van der Waals surface area contributed by atoms with Gasteiger partial charge < -0.3 is 5.73 Å². The second-order valence-electron chi connectivity index (χ2n) is 3.47. The highest BCUT2D eigenvalue weighted by molar-refractivity contribution is 7.84. The third-order valence-corrected chi connectivity index (χ3v) is 3.60. The van der Waals surface area contributed by atoms with Crippen LogP contribution in [0.3, 0.4) is 0 Å². The van der Waals surface area contributed by atoms with Crippen molar-refractivity contribution in [3.8, 4) is 0 Å². The van der Waals surface area contributed by atoms with Gasteiger partial charge in [0.2, 0.25) is 0 Å². The van der Waals surface area contributed by atoms with E-state index in [4.69, 9.17) is 5.73 Å². The highest BCUT2D eigenvalue weighted by Crippen LogP contribution is 2.16. The Morgan fingerprint density at radius 1 is 1.53 bits per heavy atom. The van der Waals surface area contributed by atoms with Gasteiger partial charge in [-0.1, -0.05) is 0 Å². The molecule has 0 saturated carbocycles. The van der Waals surface area contributed by atoms with E-state index in [9.17, 15) is 8.60 Å². The quantitative estimate of drug-likeness (QED) is 0.824. The van der Waals surface area contributed by atoms with Crippen molar-refractivity contribution in [1.29, 1.82) is 0 Å². The Morgan fingerprint density at radius 2 is 2.29 bits per heavy atom. The number of hydrogen-bond acceptors (Lipinski definition) is 4. The first-order chi connectivity index (χ1) is 8.08. The summed E-state index contributed by atoms with van der Waals surface area (Å²) in [5.74, 6) is 0.217. The van der Waals surface area contributed by atoms with E-state index in [0.29, 0.717) is 10.7 Å². The van der Waals surface area contributed by atoms with Crippen molar-refractivity contribution in [1.82, 2.24) is 14.8 Å². The molecule has 1 aromatic carbocycles. The summed E-state index contributed by atoms with van der Waals surface area (Å²) in [5, 5.41) is 3.87. The molecule has 0 radical (unpaired) electrons. The van der Waals surface area contributed by atoms with Crippen LogP contribution in [0.5, 0.6) is 0 Å². The van der Waals surface area contributed by atoms with Gasteiger partial charge in [0.25, 0.3) is 0 Å². The van der Waals surface area contributed by atoms with E-state index in [2.05, 4.69) is 10.1 Å². The van der Waals surface area contributed by atoms with Gasteiger partial charge in [0.1, 0.15) is 18.0 Å². The normalized spacial score (nSPS) is 12.6. The number of nitrogens with zero attached hydrogens (tertiary/aromatic N) is 3. The summed E-state index contributed by atoms with van der Waals surface area (Å²) in [6.45, 7) is 0. The molecule has 1 aromatic heterocycles. The molecule has 1 unspecified atom stereocenters. The molecule has 1 atom stereocenters. The van der Waals surface area contributed by atoms with Gasteiger partial charge in [-0.15, -0.1) is 0 Å². The van der Waals surface area contributed by atoms with Gasteiger partial charge in [0, 0.05) is 11.9 Å². The second-order valence-corrected chi connectivity index (χ2v) is 4.92. The smallest absolute Gasteiger partial charge is 0.147 e. The molecule has 0 bridgehead atoms. The first-order valence-electron chi connectivity index (χ1n) is 4.84. The lowest BCUT2D eigenvalue weighted by Gasteiger charge is -2.03. The van der Waals surface area contributed by atoms with Crippen LogP contribution in [-0.2, 0) is 23.6 Å².